The molecule has 1 unspecified atom stereocenters. The van der Waals surface area contributed by atoms with E-state index in [9.17, 15) is 9.90 Å². The Balaban J connectivity index is 1.84. The molecule has 0 amide bonds. The average molecular weight is 300 g/mol. The lowest BCUT2D eigenvalue weighted by atomic mass is 10.1. The van der Waals surface area contributed by atoms with Crippen LogP contribution in [0.1, 0.15) is 25.3 Å². The summed E-state index contributed by atoms with van der Waals surface area (Å²) < 4.78 is 5.22. The van der Waals surface area contributed by atoms with Gasteiger partial charge in [0.1, 0.15) is 16.9 Å². The molecule has 1 atom stereocenters. The number of nitrogens with zero attached hydrogens (tertiary/aromatic N) is 2. The topological polar surface area (TPSA) is 66.0 Å². The number of likely N-dealkylation sites (tertiary alicyclic amines) is 1. The molecular formula is C17H20N2O3. The Labute approximate surface area is 128 Å². The van der Waals surface area contributed by atoms with Crippen LogP contribution in [0.15, 0.2) is 38.5 Å². The summed E-state index contributed by atoms with van der Waals surface area (Å²) in [5.74, 6) is -0.0608. The minimum Gasteiger partial charge on any atom is -0.506 e. The summed E-state index contributed by atoms with van der Waals surface area (Å²) in [5, 5.41) is 10.8. The fraction of sp³-hybridized carbons (Fsp3) is 0.412. The van der Waals surface area contributed by atoms with Crippen LogP contribution in [0.25, 0.3) is 11.0 Å². The van der Waals surface area contributed by atoms with Crippen molar-refractivity contribution in [2.24, 2.45) is 4.99 Å². The second-order valence-corrected chi connectivity index (χ2v) is 5.57. The first-order chi connectivity index (χ1) is 10.7. The third kappa shape index (κ3) is 2.76. The van der Waals surface area contributed by atoms with Crippen molar-refractivity contribution in [2.75, 3.05) is 19.6 Å². The van der Waals surface area contributed by atoms with Crippen molar-refractivity contribution in [1.82, 2.24) is 4.90 Å². The number of para-hydroxylation sites is 1. The van der Waals surface area contributed by atoms with Crippen molar-refractivity contribution in [3.8, 4) is 5.75 Å². The highest BCUT2D eigenvalue weighted by atomic mass is 16.4. The van der Waals surface area contributed by atoms with Crippen molar-refractivity contribution in [3.05, 3.63) is 40.2 Å². The maximum absolute atomic E-state index is 12.0. The number of likely N-dealkylation sites (N-methyl/N-ethyl adjacent to an activating group) is 1. The molecule has 2 aromatic rings. The quantitative estimate of drug-likeness (QED) is 0.695. The Morgan fingerprint density at radius 2 is 2.27 bits per heavy atom. The second kappa shape index (κ2) is 6.32. The molecule has 1 aromatic heterocycles. The molecule has 1 aliphatic rings. The summed E-state index contributed by atoms with van der Waals surface area (Å²) in [6.07, 6.45) is 3.76. The molecule has 1 N–H and O–H groups in total. The monoisotopic (exact) mass is 300 g/mol. The number of fused-ring (bicyclic) bond motifs is 1. The van der Waals surface area contributed by atoms with Crippen molar-refractivity contribution in [2.45, 2.75) is 25.8 Å². The molecule has 0 spiro atoms. The highest BCUT2D eigenvalue weighted by Crippen LogP contribution is 2.25. The van der Waals surface area contributed by atoms with Gasteiger partial charge in [-0.25, -0.2) is 4.79 Å². The van der Waals surface area contributed by atoms with Crippen LogP contribution in [0.2, 0.25) is 0 Å². The average Bonchev–Trinajstić information content (AvgIpc) is 2.98. The van der Waals surface area contributed by atoms with E-state index in [0.717, 1.165) is 19.5 Å². The van der Waals surface area contributed by atoms with Gasteiger partial charge in [-0.05, 0) is 38.1 Å². The van der Waals surface area contributed by atoms with E-state index in [4.69, 9.17) is 4.42 Å². The van der Waals surface area contributed by atoms with Crippen molar-refractivity contribution >= 4 is 17.2 Å². The summed E-state index contributed by atoms with van der Waals surface area (Å²) in [4.78, 5) is 18.7. The molecule has 0 radical (unpaired) electrons. The van der Waals surface area contributed by atoms with Gasteiger partial charge in [0, 0.05) is 12.3 Å². The summed E-state index contributed by atoms with van der Waals surface area (Å²) in [5.41, 5.74) is -0.0476. The molecule has 1 fully saturated rings. The number of hydrogen-bond donors (Lipinski definition) is 1. The van der Waals surface area contributed by atoms with Crippen LogP contribution in [0.4, 0.5) is 0 Å². The zero-order valence-corrected chi connectivity index (χ0v) is 12.7. The Kier molecular flexibility index (Phi) is 4.24. The molecule has 0 bridgehead atoms. The minimum absolute atomic E-state index is 0.0608. The van der Waals surface area contributed by atoms with Gasteiger partial charge in [0.25, 0.3) is 0 Å². The van der Waals surface area contributed by atoms with Gasteiger partial charge in [0.2, 0.25) is 0 Å². The predicted molar refractivity (Wildman–Crippen MR) is 86.9 cm³/mol. The van der Waals surface area contributed by atoms with E-state index in [2.05, 4.69) is 16.8 Å². The van der Waals surface area contributed by atoms with Gasteiger partial charge in [-0.1, -0.05) is 19.1 Å². The van der Waals surface area contributed by atoms with Gasteiger partial charge in [0.15, 0.2) is 0 Å². The van der Waals surface area contributed by atoms with Gasteiger partial charge in [0.05, 0.1) is 11.9 Å². The van der Waals surface area contributed by atoms with Gasteiger partial charge >= 0.3 is 5.63 Å². The van der Waals surface area contributed by atoms with Crippen molar-refractivity contribution in [3.63, 3.8) is 0 Å². The smallest absolute Gasteiger partial charge is 0.348 e. The summed E-state index contributed by atoms with van der Waals surface area (Å²) >= 11 is 0. The summed E-state index contributed by atoms with van der Waals surface area (Å²) in [6, 6.07) is 7.37. The van der Waals surface area contributed by atoms with E-state index in [1.165, 1.54) is 12.6 Å². The third-order valence-corrected chi connectivity index (χ3v) is 4.26. The Morgan fingerprint density at radius 1 is 1.45 bits per heavy atom. The van der Waals surface area contributed by atoms with E-state index >= 15 is 0 Å². The van der Waals surface area contributed by atoms with Crippen LogP contribution in [-0.4, -0.2) is 41.9 Å². The van der Waals surface area contributed by atoms with Crippen LogP contribution < -0.4 is 5.63 Å². The third-order valence-electron chi connectivity index (χ3n) is 4.26. The zero-order chi connectivity index (χ0) is 15.5. The zero-order valence-electron chi connectivity index (χ0n) is 12.7. The fourth-order valence-electron chi connectivity index (χ4n) is 3.05. The number of aliphatic imine (C=N–C) groups is 1. The summed E-state index contributed by atoms with van der Waals surface area (Å²) in [6.45, 7) is 4.91. The summed E-state index contributed by atoms with van der Waals surface area (Å²) in [7, 11) is 0. The number of rotatable bonds is 4. The first kappa shape index (κ1) is 14.8. The van der Waals surface area contributed by atoms with Crippen LogP contribution >= 0.6 is 0 Å². The second-order valence-electron chi connectivity index (χ2n) is 5.57. The predicted octanol–water partition coefficient (Wildman–Crippen LogP) is 2.40. The molecule has 5 nitrogen and oxygen atoms in total. The van der Waals surface area contributed by atoms with E-state index in [-0.39, 0.29) is 11.3 Å². The lowest BCUT2D eigenvalue weighted by Crippen LogP contribution is -2.31. The molecule has 3 rings (SSSR count). The highest BCUT2D eigenvalue weighted by Gasteiger charge is 2.22. The maximum atomic E-state index is 12.0. The normalized spacial score (nSPS) is 19.4. The maximum Gasteiger partial charge on any atom is 0.348 e. The highest BCUT2D eigenvalue weighted by molar-refractivity contribution is 5.93. The Bertz CT molecular complexity index is 751. The number of benzene rings is 1. The Hall–Kier alpha value is -2.14. The van der Waals surface area contributed by atoms with Gasteiger partial charge in [-0.15, -0.1) is 0 Å². The number of hydrogen-bond acceptors (Lipinski definition) is 5. The molecule has 1 aliphatic heterocycles. The molecule has 0 saturated carbocycles. The van der Waals surface area contributed by atoms with Crippen LogP contribution in [-0.2, 0) is 0 Å². The lowest BCUT2D eigenvalue weighted by molar-refractivity contribution is 0.273. The van der Waals surface area contributed by atoms with Crippen LogP contribution in [0, 0.1) is 0 Å². The standard InChI is InChI=1S/C17H20N2O3/c1-2-19-9-5-6-12(19)10-18-11-14-16(20)13-7-3-4-8-15(13)22-17(14)21/h3-4,7-8,11-12,20H,2,5-6,9-10H2,1H3. The van der Waals surface area contributed by atoms with Crippen LogP contribution in [0.3, 0.4) is 0 Å². The van der Waals surface area contributed by atoms with Gasteiger partial charge in [-0.3, -0.25) is 9.89 Å². The number of aromatic hydroxyl groups is 1. The van der Waals surface area contributed by atoms with Crippen molar-refractivity contribution < 1.29 is 9.52 Å². The molecular weight excluding hydrogens is 280 g/mol. The van der Waals surface area contributed by atoms with Gasteiger partial charge < -0.3 is 9.52 Å². The molecule has 1 saturated heterocycles. The molecule has 0 aliphatic carbocycles. The molecule has 2 heterocycles. The first-order valence-electron chi connectivity index (χ1n) is 7.69. The SMILES string of the molecule is CCN1CCCC1CN=Cc1c(O)c2ccccc2oc1=O. The van der Waals surface area contributed by atoms with E-state index in [1.807, 2.05) is 0 Å². The van der Waals surface area contributed by atoms with E-state index in [1.54, 1.807) is 24.3 Å². The molecule has 1 aromatic carbocycles. The Morgan fingerprint density at radius 3 is 3.09 bits per heavy atom. The van der Waals surface area contributed by atoms with E-state index in [0.29, 0.717) is 23.6 Å². The largest absolute Gasteiger partial charge is 0.506 e. The fourth-order valence-corrected chi connectivity index (χ4v) is 3.05. The molecule has 116 valence electrons. The van der Waals surface area contributed by atoms with Crippen molar-refractivity contribution in [1.29, 1.82) is 0 Å². The van der Waals surface area contributed by atoms with Gasteiger partial charge in [-0.2, -0.15) is 0 Å². The van der Waals surface area contributed by atoms with E-state index < -0.39 is 5.63 Å². The minimum atomic E-state index is -0.557. The molecule has 5 heteroatoms. The lowest BCUT2D eigenvalue weighted by Gasteiger charge is -2.20. The van der Waals surface area contributed by atoms with Crippen LogP contribution in [0.5, 0.6) is 5.75 Å². The first-order valence-corrected chi connectivity index (χ1v) is 7.69. The molecule has 22 heavy (non-hydrogen) atoms.